The third-order valence-corrected chi connectivity index (χ3v) is 3.60. The Morgan fingerprint density at radius 1 is 1.29 bits per heavy atom. The molecule has 1 saturated heterocycles. The summed E-state index contributed by atoms with van der Waals surface area (Å²) >= 11 is 0. The molecule has 2 N–H and O–H groups in total. The average Bonchev–Trinajstić information content (AvgIpc) is 3.09. The van der Waals surface area contributed by atoms with Crippen molar-refractivity contribution < 1.29 is 23.2 Å². The lowest BCUT2D eigenvalue weighted by Crippen LogP contribution is -2.39. The lowest BCUT2D eigenvalue weighted by molar-refractivity contribution is -0.167. The van der Waals surface area contributed by atoms with Gasteiger partial charge < -0.3 is 10.3 Å². The molecule has 2 heterocycles. The summed E-state index contributed by atoms with van der Waals surface area (Å²) in [6, 6.07) is 1.56. The number of aromatic amines is 1. The highest BCUT2D eigenvalue weighted by atomic mass is 19.2. The van der Waals surface area contributed by atoms with E-state index in [0.29, 0.717) is 19.6 Å². The van der Waals surface area contributed by atoms with Crippen molar-refractivity contribution in [3.63, 3.8) is 0 Å². The Morgan fingerprint density at radius 2 is 2.04 bits per heavy atom. The van der Waals surface area contributed by atoms with Gasteiger partial charge in [-0.1, -0.05) is 0 Å². The number of pyridine rings is 1. The number of rotatable bonds is 3. The summed E-state index contributed by atoms with van der Waals surface area (Å²) in [6.45, 7) is 0.538. The van der Waals surface area contributed by atoms with Gasteiger partial charge in [-0.3, -0.25) is 19.2 Å². The smallest absolute Gasteiger partial charge is 0.265 e. The van der Waals surface area contributed by atoms with Crippen molar-refractivity contribution in [1.82, 2.24) is 15.4 Å². The number of nitrogens with zero attached hydrogens (tertiary/aromatic N) is 1. The molecule has 1 aromatic heterocycles. The number of amides is 2. The van der Waals surface area contributed by atoms with Gasteiger partial charge in [0.15, 0.2) is 11.6 Å². The van der Waals surface area contributed by atoms with E-state index >= 15 is 0 Å². The van der Waals surface area contributed by atoms with Gasteiger partial charge in [0.25, 0.3) is 11.8 Å². The van der Waals surface area contributed by atoms with Crippen LogP contribution in [-0.2, 0) is 9.63 Å². The highest BCUT2D eigenvalue weighted by Gasteiger charge is 2.21. The van der Waals surface area contributed by atoms with Crippen LogP contribution in [0.1, 0.15) is 16.8 Å². The van der Waals surface area contributed by atoms with Gasteiger partial charge in [-0.05, 0) is 12.5 Å². The Morgan fingerprint density at radius 3 is 2.75 bits per heavy atom. The van der Waals surface area contributed by atoms with Crippen molar-refractivity contribution in [2.75, 3.05) is 19.7 Å². The number of carbonyl (C=O) groups excluding carboxylic acids is 2. The number of nitrogens with one attached hydrogen (secondary N) is 2. The number of aromatic nitrogens is 1. The number of halogens is 2. The summed E-state index contributed by atoms with van der Waals surface area (Å²) in [7, 11) is 0. The number of hydrogen-bond donors (Lipinski definition) is 2. The van der Waals surface area contributed by atoms with E-state index in [1.807, 2.05) is 0 Å². The molecule has 2 amide bonds. The van der Waals surface area contributed by atoms with Crippen LogP contribution in [0, 0.1) is 11.6 Å². The van der Waals surface area contributed by atoms with Crippen LogP contribution in [0.5, 0.6) is 0 Å². The molecule has 0 bridgehead atoms. The number of hydrogen-bond acceptors (Lipinski definition) is 4. The molecule has 2 aromatic rings. The largest absolute Gasteiger partial charge is 0.360 e. The summed E-state index contributed by atoms with van der Waals surface area (Å²) in [5.41, 5.74) is -0.995. The minimum absolute atomic E-state index is 0.0667. The van der Waals surface area contributed by atoms with E-state index in [1.165, 1.54) is 0 Å². The Bertz CT molecular complexity index is 875. The molecule has 3 rings (SSSR count). The van der Waals surface area contributed by atoms with Gasteiger partial charge in [-0.15, -0.1) is 0 Å². The topological polar surface area (TPSA) is 91.5 Å². The minimum Gasteiger partial charge on any atom is -0.360 e. The van der Waals surface area contributed by atoms with Gasteiger partial charge >= 0.3 is 0 Å². The van der Waals surface area contributed by atoms with Crippen LogP contribution in [0.4, 0.5) is 8.78 Å². The molecule has 1 fully saturated rings. The molecule has 9 heteroatoms. The van der Waals surface area contributed by atoms with Crippen molar-refractivity contribution >= 4 is 22.7 Å². The molecule has 1 aliphatic rings. The normalized spacial score (nSPS) is 14.2. The van der Waals surface area contributed by atoms with Crippen LogP contribution in [0.2, 0.25) is 0 Å². The average molecular weight is 337 g/mol. The van der Waals surface area contributed by atoms with Crippen LogP contribution in [0.3, 0.4) is 0 Å². The Labute approximate surface area is 134 Å². The van der Waals surface area contributed by atoms with Crippen molar-refractivity contribution in [3.8, 4) is 0 Å². The zero-order chi connectivity index (χ0) is 17.3. The van der Waals surface area contributed by atoms with E-state index in [-0.39, 0.29) is 23.0 Å². The van der Waals surface area contributed by atoms with Crippen LogP contribution < -0.4 is 10.7 Å². The third kappa shape index (κ3) is 2.98. The Kier molecular flexibility index (Phi) is 4.26. The number of carbonyl (C=O) groups is 2. The van der Waals surface area contributed by atoms with Crippen molar-refractivity contribution in [2.24, 2.45) is 0 Å². The highest BCUT2D eigenvalue weighted by Crippen LogP contribution is 2.14. The van der Waals surface area contributed by atoms with Gasteiger partial charge in [0.1, 0.15) is 5.56 Å². The van der Waals surface area contributed by atoms with Crippen molar-refractivity contribution in [2.45, 2.75) is 6.42 Å². The number of H-pyrrole nitrogens is 1. The standard InChI is InChI=1S/C15H13F2N3O4/c16-10-4-8-12(5-11(10)17)18-6-9(14(8)22)15(23)19-7-13(21)20-2-1-3-24-20/h4-6H,1-3,7H2,(H,18,22)(H,19,23). The molecule has 1 aromatic carbocycles. The first-order valence-electron chi connectivity index (χ1n) is 7.19. The summed E-state index contributed by atoms with van der Waals surface area (Å²) in [5, 5.41) is 3.29. The summed E-state index contributed by atoms with van der Waals surface area (Å²) in [6.07, 6.45) is 1.81. The number of fused-ring (bicyclic) bond motifs is 1. The van der Waals surface area contributed by atoms with Crippen LogP contribution in [0.15, 0.2) is 23.1 Å². The first-order chi connectivity index (χ1) is 11.5. The maximum Gasteiger partial charge on any atom is 0.265 e. The van der Waals surface area contributed by atoms with E-state index < -0.39 is 28.9 Å². The fourth-order valence-electron chi connectivity index (χ4n) is 2.37. The van der Waals surface area contributed by atoms with Crippen molar-refractivity contribution in [1.29, 1.82) is 0 Å². The van der Waals surface area contributed by atoms with E-state index in [9.17, 15) is 23.2 Å². The third-order valence-electron chi connectivity index (χ3n) is 3.60. The number of hydroxylamine groups is 2. The molecular formula is C15H13F2N3O4. The Hall–Kier alpha value is -2.81. The van der Waals surface area contributed by atoms with Gasteiger partial charge in [-0.2, -0.15) is 0 Å². The molecule has 1 aliphatic heterocycles. The molecule has 24 heavy (non-hydrogen) atoms. The summed E-state index contributed by atoms with van der Waals surface area (Å²) in [4.78, 5) is 43.7. The lowest BCUT2D eigenvalue weighted by Gasteiger charge is -2.14. The fourth-order valence-corrected chi connectivity index (χ4v) is 2.37. The maximum atomic E-state index is 13.3. The van der Waals surface area contributed by atoms with Crippen LogP contribution in [0.25, 0.3) is 10.9 Å². The first-order valence-corrected chi connectivity index (χ1v) is 7.19. The molecule has 7 nitrogen and oxygen atoms in total. The zero-order valence-electron chi connectivity index (χ0n) is 12.4. The number of benzene rings is 1. The predicted molar refractivity (Wildman–Crippen MR) is 79.1 cm³/mol. The van der Waals surface area contributed by atoms with Gasteiger partial charge in [-0.25, -0.2) is 13.8 Å². The molecule has 0 aliphatic carbocycles. The van der Waals surface area contributed by atoms with E-state index in [4.69, 9.17) is 4.84 Å². The predicted octanol–water partition coefficient (Wildman–Crippen LogP) is 0.700. The quantitative estimate of drug-likeness (QED) is 0.862. The summed E-state index contributed by atoms with van der Waals surface area (Å²) < 4.78 is 26.5. The van der Waals surface area contributed by atoms with Gasteiger partial charge in [0.05, 0.1) is 25.2 Å². The first kappa shape index (κ1) is 16.1. The molecular weight excluding hydrogens is 324 g/mol. The van der Waals surface area contributed by atoms with Gasteiger partial charge in [0, 0.05) is 17.6 Å². The van der Waals surface area contributed by atoms with Gasteiger partial charge in [0.2, 0.25) is 5.43 Å². The second-order valence-corrected chi connectivity index (χ2v) is 5.21. The lowest BCUT2D eigenvalue weighted by atomic mass is 10.1. The molecule has 0 radical (unpaired) electrons. The SMILES string of the molecule is O=C(NCC(=O)N1CCCO1)c1c[nH]c2cc(F)c(F)cc2c1=O. The molecule has 0 atom stereocenters. The Balaban J connectivity index is 1.79. The zero-order valence-corrected chi connectivity index (χ0v) is 12.4. The van der Waals surface area contributed by atoms with E-state index in [1.54, 1.807) is 0 Å². The maximum absolute atomic E-state index is 13.3. The van der Waals surface area contributed by atoms with Crippen LogP contribution >= 0.6 is 0 Å². The van der Waals surface area contributed by atoms with Crippen LogP contribution in [-0.4, -0.2) is 41.6 Å². The molecule has 126 valence electrons. The molecule has 0 saturated carbocycles. The fraction of sp³-hybridized carbons (Fsp3) is 0.267. The van der Waals surface area contributed by atoms with E-state index in [2.05, 4.69) is 10.3 Å². The molecule has 0 spiro atoms. The highest BCUT2D eigenvalue weighted by molar-refractivity contribution is 5.98. The minimum atomic E-state index is -1.19. The molecule has 0 unspecified atom stereocenters. The summed E-state index contributed by atoms with van der Waals surface area (Å²) in [5.74, 6) is -3.53. The second kappa shape index (κ2) is 6.36. The second-order valence-electron chi connectivity index (χ2n) is 5.21. The monoisotopic (exact) mass is 337 g/mol. The van der Waals surface area contributed by atoms with Crippen molar-refractivity contribution in [3.05, 3.63) is 45.8 Å². The van der Waals surface area contributed by atoms with E-state index in [0.717, 1.165) is 23.4 Å².